The van der Waals surface area contributed by atoms with E-state index in [-0.39, 0.29) is 0 Å². The van der Waals surface area contributed by atoms with Crippen LogP contribution in [0.1, 0.15) is 23.0 Å². The van der Waals surface area contributed by atoms with Gasteiger partial charge in [-0.3, -0.25) is 0 Å². The van der Waals surface area contributed by atoms with E-state index in [2.05, 4.69) is 27.4 Å². The summed E-state index contributed by atoms with van der Waals surface area (Å²) >= 11 is 0. The predicted octanol–water partition coefficient (Wildman–Crippen LogP) is 0.627. The average molecular weight is 230 g/mol. The average Bonchev–Trinajstić information content (AvgIpc) is 2.87. The van der Waals surface area contributed by atoms with Crippen LogP contribution in [0.15, 0.2) is 30.6 Å². The van der Waals surface area contributed by atoms with E-state index in [1.807, 2.05) is 12.1 Å². The van der Waals surface area contributed by atoms with Crippen LogP contribution in [0.4, 0.5) is 0 Å². The number of imidazole rings is 1. The zero-order valence-electron chi connectivity index (χ0n) is 9.81. The fourth-order valence-corrected chi connectivity index (χ4v) is 2.41. The highest BCUT2D eigenvalue weighted by molar-refractivity contribution is 5.33. The SMILES string of the molecule is COc1ccc([C@@H]2[NH2+]CCc3[nH]cnc32)cc1. The summed E-state index contributed by atoms with van der Waals surface area (Å²) in [6.45, 7) is 1.10. The van der Waals surface area contributed by atoms with Gasteiger partial charge in [-0.1, -0.05) is 0 Å². The van der Waals surface area contributed by atoms with Crippen molar-refractivity contribution in [1.29, 1.82) is 0 Å². The Bertz CT molecular complexity index is 504. The number of ether oxygens (including phenoxy) is 1. The molecule has 2 heterocycles. The second-order valence-corrected chi connectivity index (χ2v) is 4.29. The number of hydrogen-bond acceptors (Lipinski definition) is 2. The Morgan fingerprint density at radius 3 is 2.94 bits per heavy atom. The fourth-order valence-electron chi connectivity index (χ4n) is 2.41. The first-order valence-electron chi connectivity index (χ1n) is 5.88. The van der Waals surface area contributed by atoms with Crippen molar-refractivity contribution >= 4 is 0 Å². The third-order valence-corrected chi connectivity index (χ3v) is 3.32. The molecule has 0 unspecified atom stereocenters. The molecule has 17 heavy (non-hydrogen) atoms. The number of fused-ring (bicyclic) bond motifs is 1. The lowest BCUT2D eigenvalue weighted by Crippen LogP contribution is -2.87. The van der Waals surface area contributed by atoms with Crippen LogP contribution in [-0.4, -0.2) is 23.6 Å². The van der Waals surface area contributed by atoms with Gasteiger partial charge in [-0.2, -0.15) is 0 Å². The number of aromatic amines is 1. The summed E-state index contributed by atoms with van der Waals surface area (Å²) < 4.78 is 5.18. The molecule has 1 aliphatic heterocycles. The number of benzene rings is 1. The second kappa shape index (κ2) is 4.22. The largest absolute Gasteiger partial charge is 0.497 e. The van der Waals surface area contributed by atoms with Gasteiger partial charge in [0.25, 0.3) is 0 Å². The lowest BCUT2D eigenvalue weighted by molar-refractivity contribution is -0.690. The normalized spacial score (nSPS) is 18.8. The highest BCUT2D eigenvalue weighted by atomic mass is 16.5. The molecule has 2 aromatic rings. The van der Waals surface area contributed by atoms with Crippen molar-refractivity contribution in [3.8, 4) is 5.75 Å². The van der Waals surface area contributed by atoms with Crippen LogP contribution in [0.2, 0.25) is 0 Å². The Kier molecular flexibility index (Phi) is 2.57. The van der Waals surface area contributed by atoms with Gasteiger partial charge in [0.15, 0.2) is 6.04 Å². The number of H-pyrrole nitrogens is 1. The molecule has 0 spiro atoms. The van der Waals surface area contributed by atoms with E-state index < -0.39 is 0 Å². The third kappa shape index (κ3) is 1.80. The number of nitrogens with zero attached hydrogens (tertiary/aromatic N) is 1. The highest BCUT2D eigenvalue weighted by Crippen LogP contribution is 2.23. The second-order valence-electron chi connectivity index (χ2n) is 4.29. The smallest absolute Gasteiger partial charge is 0.156 e. The molecular formula is C13H16N3O+. The molecule has 3 rings (SSSR count). The maximum Gasteiger partial charge on any atom is 0.156 e. The van der Waals surface area contributed by atoms with Crippen molar-refractivity contribution in [2.75, 3.05) is 13.7 Å². The van der Waals surface area contributed by atoms with E-state index in [1.165, 1.54) is 17.0 Å². The first-order chi connectivity index (χ1) is 8.38. The molecule has 1 atom stereocenters. The van der Waals surface area contributed by atoms with Gasteiger partial charge in [0.1, 0.15) is 11.4 Å². The number of methoxy groups -OCH3 is 1. The van der Waals surface area contributed by atoms with Gasteiger partial charge in [-0.15, -0.1) is 0 Å². The number of quaternary nitrogens is 1. The fraction of sp³-hybridized carbons (Fsp3) is 0.308. The molecule has 0 bridgehead atoms. The molecule has 88 valence electrons. The molecule has 3 N–H and O–H groups in total. The number of hydrogen-bond donors (Lipinski definition) is 2. The minimum Gasteiger partial charge on any atom is -0.497 e. The molecule has 0 saturated heterocycles. The molecular weight excluding hydrogens is 214 g/mol. The molecule has 0 saturated carbocycles. The van der Waals surface area contributed by atoms with Gasteiger partial charge in [0.05, 0.1) is 20.0 Å². The summed E-state index contributed by atoms with van der Waals surface area (Å²) in [4.78, 5) is 7.66. The first-order valence-corrected chi connectivity index (χ1v) is 5.88. The number of nitrogens with two attached hydrogens (primary N) is 1. The van der Waals surface area contributed by atoms with E-state index >= 15 is 0 Å². The van der Waals surface area contributed by atoms with Crippen LogP contribution in [0.3, 0.4) is 0 Å². The molecule has 4 heteroatoms. The standard InChI is InChI=1S/C13H15N3O/c1-17-10-4-2-9(3-5-10)12-13-11(6-7-14-12)15-8-16-13/h2-5,8,12,14H,6-7H2,1H3,(H,15,16)/p+1/t12-/m0/s1. The van der Waals surface area contributed by atoms with Crippen LogP contribution >= 0.6 is 0 Å². The molecule has 1 aromatic carbocycles. The van der Waals surface area contributed by atoms with Crippen LogP contribution < -0.4 is 10.1 Å². The summed E-state index contributed by atoms with van der Waals surface area (Å²) in [5.74, 6) is 0.895. The quantitative estimate of drug-likeness (QED) is 0.795. The number of nitrogens with one attached hydrogen (secondary N) is 1. The van der Waals surface area contributed by atoms with Crippen molar-refractivity contribution in [3.05, 3.63) is 47.5 Å². The zero-order chi connectivity index (χ0) is 11.7. The first kappa shape index (κ1) is 10.4. The molecule has 0 fully saturated rings. The van der Waals surface area contributed by atoms with Crippen molar-refractivity contribution in [2.45, 2.75) is 12.5 Å². The predicted molar refractivity (Wildman–Crippen MR) is 63.9 cm³/mol. The minimum atomic E-state index is 0.316. The molecule has 1 aliphatic rings. The number of rotatable bonds is 2. The van der Waals surface area contributed by atoms with E-state index in [0.29, 0.717) is 6.04 Å². The van der Waals surface area contributed by atoms with E-state index in [1.54, 1.807) is 13.4 Å². The number of aromatic nitrogens is 2. The highest BCUT2D eigenvalue weighted by Gasteiger charge is 2.27. The Morgan fingerprint density at radius 2 is 2.18 bits per heavy atom. The summed E-state index contributed by atoms with van der Waals surface area (Å²) in [5, 5.41) is 2.34. The summed E-state index contributed by atoms with van der Waals surface area (Å²) in [7, 11) is 1.69. The Labute approximate surface area is 100 Å². The summed E-state index contributed by atoms with van der Waals surface area (Å²) in [5.41, 5.74) is 3.72. The van der Waals surface area contributed by atoms with Gasteiger partial charge in [-0.25, -0.2) is 4.98 Å². The Balaban J connectivity index is 1.95. The maximum absolute atomic E-state index is 5.18. The van der Waals surface area contributed by atoms with Crippen molar-refractivity contribution in [3.63, 3.8) is 0 Å². The van der Waals surface area contributed by atoms with Gasteiger partial charge < -0.3 is 15.0 Å². The van der Waals surface area contributed by atoms with Crippen molar-refractivity contribution in [1.82, 2.24) is 9.97 Å². The molecule has 0 aliphatic carbocycles. The molecule has 1 aromatic heterocycles. The van der Waals surface area contributed by atoms with Gasteiger partial charge in [-0.05, 0) is 24.3 Å². The minimum absolute atomic E-state index is 0.316. The topological polar surface area (TPSA) is 54.5 Å². The third-order valence-electron chi connectivity index (χ3n) is 3.32. The van der Waals surface area contributed by atoms with E-state index in [0.717, 1.165) is 18.7 Å². The van der Waals surface area contributed by atoms with Crippen LogP contribution in [0.25, 0.3) is 0 Å². The van der Waals surface area contributed by atoms with Crippen LogP contribution in [0, 0.1) is 0 Å². The van der Waals surface area contributed by atoms with E-state index in [9.17, 15) is 0 Å². The maximum atomic E-state index is 5.18. The molecule has 0 radical (unpaired) electrons. The summed E-state index contributed by atoms with van der Waals surface area (Å²) in [6.07, 6.45) is 2.86. The van der Waals surface area contributed by atoms with Gasteiger partial charge in [0.2, 0.25) is 0 Å². The van der Waals surface area contributed by atoms with Crippen LogP contribution in [-0.2, 0) is 6.42 Å². The Morgan fingerprint density at radius 1 is 1.35 bits per heavy atom. The molecule has 0 amide bonds. The Hall–Kier alpha value is -1.81. The lowest BCUT2D eigenvalue weighted by atomic mass is 9.98. The monoisotopic (exact) mass is 230 g/mol. The molecule has 4 nitrogen and oxygen atoms in total. The van der Waals surface area contributed by atoms with Crippen molar-refractivity contribution < 1.29 is 10.1 Å². The lowest BCUT2D eigenvalue weighted by Gasteiger charge is -2.20. The van der Waals surface area contributed by atoms with Crippen molar-refractivity contribution in [2.24, 2.45) is 0 Å². The zero-order valence-corrected chi connectivity index (χ0v) is 9.81. The van der Waals surface area contributed by atoms with Crippen LogP contribution in [0.5, 0.6) is 5.75 Å². The van der Waals surface area contributed by atoms with E-state index in [4.69, 9.17) is 4.74 Å². The van der Waals surface area contributed by atoms with Gasteiger partial charge in [0, 0.05) is 17.7 Å². The van der Waals surface area contributed by atoms with Gasteiger partial charge >= 0.3 is 0 Å². The summed E-state index contributed by atoms with van der Waals surface area (Å²) in [6, 6.07) is 8.55.